The van der Waals surface area contributed by atoms with Crippen LogP contribution in [0.2, 0.25) is 0 Å². The average Bonchev–Trinajstić information content (AvgIpc) is 2.99. The molecule has 0 N–H and O–H groups in total. The van der Waals surface area contributed by atoms with Gasteiger partial charge in [-0.2, -0.15) is 0 Å². The Kier molecular flexibility index (Phi) is 31.5. The second-order valence-electron chi connectivity index (χ2n) is 16.2. The van der Waals surface area contributed by atoms with E-state index in [4.69, 9.17) is 0 Å². The molecule has 0 aliphatic heterocycles. The zero-order valence-electron chi connectivity index (χ0n) is 32.5. The summed E-state index contributed by atoms with van der Waals surface area (Å²) in [5, 5.41) is 0. The van der Waals surface area contributed by atoms with Gasteiger partial charge in [-0.05, 0) is 53.5 Å². The van der Waals surface area contributed by atoms with Crippen molar-refractivity contribution in [3.63, 3.8) is 0 Å². The lowest BCUT2D eigenvalue weighted by Gasteiger charge is -2.49. The Morgan fingerprint density at radius 1 is 0.273 bits per heavy atom. The first-order chi connectivity index (χ1) is 21.3. The van der Waals surface area contributed by atoms with Gasteiger partial charge in [-0.1, -0.05) is 213 Å². The summed E-state index contributed by atoms with van der Waals surface area (Å²) in [6.07, 6.45) is 47.4. The molecule has 0 aliphatic carbocycles. The van der Waals surface area contributed by atoms with Crippen LogP contribution in [0.1, 0.15) is 260 Å². The summed E-state index contributed by atoms with van der Waals surface area (Å²) >= 11 is 0. The molecule has 0 rings (SSSR count). The SMILES string of the molecule is CCCCCCCCCCCCCCCC(C)(C)N(CCCCCCC)C(C)(C)CCCCCCCCCCCCCCC. The Hall–Kier alpha value is -0.0400. The number of hydrogen-bond donors (Lipinski definition) is 0. The van der Waals surface area contributed by atoms with Gasteiger partial charge in [-0.3, -0.25) is 4.90 Å². The molecule has 0 saturated heterocycles. The largest absolute Gasteiger partial charge is 0.293 e. The minimum absolute atomic E-state index is 0.308. The molecule has 0 bridgehead atoms. The molecule has 266 valence electrons. The predicted octanol–water partition coefficient (Wildman–Crippen LogP) is 15.8. The molecule has 0 atom stereocenters. The molecule has 0 unspecified atom stereocenters. The molecular formula is C43H89N. The van der Waals surface area contributed by atoms with Crippen molar-refractivity contribution in [3.8, 4) is 0 Å². The lowest BCUT2D eigenvalue weighted by molar-refractivity contribution is 0.00151. The van der Waals surface area contributed by atoms with Gasteiger partial charge in [0.2, 0.25) is 0 Å². The molecule has 0 aromatic carbocycles. The van der Waals surface area contributed by atoms with E-state index < -0.39 is 0 Å². The van der Waals surface area contributed by atoms with Crippen molar-refractivity contribution in [2.75, 3.05) is 6.54 Å². The van der Waals surface area contributed by atoms with Crippen molar-refractivity contribution in [2.24, 2.45) is 0 Å². The third kappa shape index (κ3) is 27.1. The van der Waals surface area contributed by atoms with Crippen molar-refractivity contribution in [1.29, 1.82) is 0 Å². The van der Waals surface area contributed by atoms with Crippen molar-refractivity contribution in [2.45, 2.75) is 271 Å². The van der Waals surface area contributed by atoms with Gasteiger partial charge in [0, 0.05) is 11.1 Å². The van der Waals surface area contributed by atoms with E-state index >= 15 is 0 Å². The molecular weight excluding hydrogens is 530 g/mol. The number of hydrogen-bond acceptors (Lipinski definition) is 1. The van der Waals surface area contributed by atoms with Gasteiger partial charge in [-0.15, -0.1) is 0 Å². The van der Waals surface area contributed by atoms with E-state index in [0.717, 1.165) is 0 Å². The minimum atomic E-state index is 0.308. The van der Waals surface area contributed by atoms with E-state index in [0.29, 0.717) is 11.1 Å². The molecule has 0 saturated carbocycles. The lowest BCUT2D eigenvalue weighted by Crippen LogP contribution is -2.55. The van der Waals surface area contributed by atoms with Gasteiger partial charge in [0.15, 0.2) is 0 Å². The van der Waals surface area contributed by atoms with E-state index in [9.17, 15) is 0 Å². The van der Waals surface area contributed by atoms with Crippen LogP contribution in [0.4, 0.5) is 0 Å². The fraction of sp³-hybridized carbons (Fsp3) is 1.00. The van der Waals surface area contributed by atoms with Crippen LogP contribution >= 0.6 is 0 Å². The molecule has 0 heterocycles. The fourth-order valence-electron chi connectivity index (χ4n) is 7.72. The Balaban J connectivity index is 4.32. The minimum Gasteiger partial charge on any atom is -0.293 e. The quantitative estimate of drug-likeness (QED) is 0.0631. The third-order valence-corrected chi connectivity index (χ3v) is 10.7. The van der Waals surface area contributed by atoms with Crippen molar-refractivity contribution >= 4 is 0 Å². The zero-order valence-corrected chi connectivity index (χ0v) is 32.5. The highest BCUT2D eigenvalue weighted by Crippen LogP contribution is 2.34. The monoisotopic (exact) mass is 620 g/mol. The molecule has 44 heavy (non-hydrogen) atoms. The van der Waals surface area contributed by atoms with Crippen LogP contribution in [-0.4, -0.2) is 22.5 Å². The van der Waals surface area contributed by atoms with Gasteiger partial charge in [0.05, 0.1) is 0 Å². The van der Waals surface area contributed by atoms with E-state index in [1.807, 2.05) is 0 Å². The van der Waals surface area contributed by atoms with E-state index in [2.05, 4.69) is 53.4 Å². The lowest BCUT2D eigenvalue weighted by atomic mass is 9.85. The van der Waals surface area contributed by atoms with E-state index in [1.54, 1.807) is 0 Å². The molecule has 0 aliphatic rings. The summed E-state index contributed by atoms with van der Waals surface area (Å²) in [6.45, 7) is 18.6. The van der Waals surface area contributed by atoms with Gasteiger partial charge < -0.3 is 0 Å². The maximum Gasteiger partial charge on any atom is 0.0158 e. The molecule has 0 aromatic heterocycles. The Morgan fingerprint density at radius 2 is 0.477 bits per heavy atom. The summed E-state index contributed by atoms with van der Waals surface area (Å²) in [5.74, 6) is 0. The second kappa shape index (κ2) is 31.6. The van der Waals surface area contributed by atoms with Crippen LogP contribution in [-0.2, 0) is 0 Å². The molecule has 1 heteroatoms. The molecule has 0 amide bonds. The van der Waals surface area contributed by atoms with Crippen molar-refractivity contribution in [3.05, 3.63) is 0 Å². The van der Waals surface area contributed by atoms with Crippen LogP contribution in [0.3, 0.4) is 0 Å². The summed E-state index contributed by atoms with van der Waals surface area (Å²) in [4.78, 5) is 2.97. The van der Waals surface area contributed by atoms with E-state index in [1.165, 1.54) is 218 Å². The molecule has 1 nitrogen and oxygen atoms in total. The standard InChI is InChI=1S/C43H89N/c1-8-11-14-17-19-21-23-25-27-29-31-33-36-39-42(4,5)44(41-38-35-16-13-10-3)43(6,7)40-37-34-32-30-28-26-24-22-20-18-15-12-9-2/h8-41H2,1-7H3. The number of rotatable bonds is 36. The van der Waals surface area contributed by atoms with Gasteiger partial charge in [0.1, 0.15) is 0 Å². The first kappa shape index (κ1) is 44.0. The Labute approximate surface area is 282 Å². The highest BCUT2D eigenvalue weighted by Gasteiger charge is 2.36. The summed E-state index contributed by atoms with van der Waals surface area (Å²) in [7, 11) is 0. The van der Waals surface area contributed by atoms with Crippen molar-refractivity contribution < 1.29 is 0 Å². The maximum absolute atomic E-state index is 2.97. The maximum atomic E-state index is 2.97. The van der Waals surface area contributed by atoms with Gasteiger partial charge in [0.25, 0.3) is 0 Å². The normalized spacial score (nSPS) is 12.5. The highest BCUT2D eigenvalue weighted by atomic mass is 15.2. The van der Waals surface area contributed by atoms with Gasteiger partial charge >= 0.3 is 0 Å². The summed E-state index contributed by atoms with van der Waals surface area (Å²) in [6, 6.07) is 0. The topological polar surface area (TPSA) is 3.24 Å². The second-order valence-corrected chi connectivity index (χ2v) is 16.2. The van der Waals surface area contributed by atoms with Crippen LogP contribution in [0.5, 0.6) is 0 Å². The highest BCUT2D eigenvalue weighted by molar-refractivity contribution is 4.92. The molecule has 0 aromatic rings. The van der Waals surface area contributed by atoms with Gasteiger partial charge in [-0.25, -0.2) is 0 Å². The predicted molar refractivity (Wildman–Crippen MR) is 204 cm³/mol. The molecule has 0 radical (unpaired) electrons. The van der Waals surface area contributed by atoms with Crippen LogP contribution < -0.4 is 0 Å². The molecule has 0 fully saturated rings. The number of nitrogens with zero attached hydrogens (tertiary/aromatic N) is 1. The summed E-state index contributed by atoms with van der Waals surface area (Å²) < 4.78 is 0. The van der Waals surface area contributed by atoms with Crippen molar-refractivity contribution in [1.82, 2.24) is 4.90 Å². The van der Waals surface area contributed by atoms with Crippen LogP contribution in [0, 0.1) is 0 Å². The van der Waals surface area contributed by atoms with E-state index in [-0.39, 0.29) is 0 Å². The van der Waals surface area contributed by atoms with Crippen LogP contribution in [0.25, 0.3) is 0 Å². The first-order valence-corrected chi connectivity index (χ1v) is 21.1. The van der Waals surface area contributed by atoms with Crippen LogP contribution in [0.15, 0.2) is 0 Å². The Bertz CT molecular complexity index is 507. The zero-order chi connectivity index (χ0) is 32.6. The average molecular weight is 620 g/mol. The number of unbranched alkanes of at least 4 members (excludes halogenated alkanes) is 28. The summed E-state index contributed by atoms with van der Waals surface area (Å²) in [5.41, 5.74) is 0.616. The molecule has 0 spiro atoms. The smallest absolute Gasteiger partial charge is 0.0158 e. The third-order valence-electron chi connectivity index (χ3n) is 10.7. The first-order valence-electron chi connectivity index (χ1n) is 21.1. The fourth-order valence-corrected chi connectivity index (χ4v) is 7.72. The Morgan fingerprint density at radius 3 is 0.727 bits per heavy atom.